The van der Waals surface area contributed by atoms with Crippen LogP contribution in [-0.2, 0) is 13.1 Å². The van der Waals surface area contributed by atoms with Crippen LogP contribution >= 0.6 is 34.5 Å². The molecule has 2 nitrogen and oxygen atoms in total. The van der Waals surface area contributed by atoms with Crippen molar-refractivity contribution in [3.63, 3.8) is 0 Å². The van der Waals surface area contributed by atoms with Crippen molar-refractivity contribution >= 4 is 40.3 Å². The van der Waals surface area contributed by atoms with E-state index < -0.39 is 0 Å². The molecule has 0 unspecified atom stereocenters. The second-order valence-electron chi connectivity index (χ2n) is 5.75. The molecule has 2 aromatic carbocycles. The van der Waals surface area contributed by atoms with Crippen molar-refractivity contribution in [1.29, 1.82) is 0 Å². The largest absolute Gasteiger partial charge is 0.293 e. The van der Waals surface area contributed by atoms with Crippen LogP contribution in [0.3, 0.4) is 0 Å². The van der Waals surface area contributed by atoms with Crippen molar-refractivity contribution in [3.05, 3.63) is 92.1 Å². The third-order valence-electron chi connectivity index (χ3n) is 3.84. The summed E-state index contributed by atoms with van der Waals surface area (Å²) in [6.45, 7) is 1.66. The zero-order valence-corrected chi connectivity index (χ0v) is 15.8. The minimum atomic E-state index is 0.0697. The maximum absolute atomic E-state index is 12.7. The summed E-state index contributed by atoms with van der Waals surface area (Å²) in [7, 11) is 0. The monoisotopic (exact) mass is 389 g/mol. The Morgan fingerprint density at radius 2 is 1.68 bits per heavy atom. The Hall–Kier alpha value is -1.65. The number of hydrogen-bond donors (Lipinski definition) is 0. The molecule has 1 aromatic heterocycles. The molecule has 0 N–H and O–H groups in total. The Bertz CT molecular complexity index is 831. The van der Waals surface area contributed by atoms with E-state index in [1.165, 1.54) is 4.88 Å². The third-order valence-corrected chi connectivity index (χ3v) is 5.33. The third kappa shape index (κ3) is 5.16. The molecule has 0 radical (unpaired) electrons. The van der Waals surface area contributed by atoms with Crippen LogP contribution in [0.5, 0.6) is 0 Å². The molecule has 0 aliphatic carbocycles. The maximum atomic E-state index is 12.7. The predicted molar refractivity (Wildman–Crippen MR) is 106 cm³/mol. The van der Waals surface area contributed by atoms with E-state index in [4.69, 9.17) is 23.2 Å². The summed E-state index contributed by atoms with van der Waals surface area (Å²) in [6.07, 6.45) is 0. The lowest BCUT2D eigenvalue weighted by atomic mass is 10.1. The van der Waals surface area contributed by atoms with Gasteiger partial charge in [0.25, 0.3) is 0 Å². The number of nitrogens with zero attached hydrogens (tertiary/aromatic N) is 1. The highest BCUT2D eigenvalue weighted by molar-refractivity contribution is 7.09. The molecule has 0 spiro atoms. The van der Waals surface area contributed by atoms with Gasteiger partial charge in [0.2, 0.25) is 0 Å². The standard InChI is InChI=1S/C20H17Cl2NOS/c21-17-9-7-15(8-10-17)20(24)14-23(13-18-5-3-11-25-18)12-16-4-1-2-6-19(16)22/h1-11H,12-14H2. The van der Waals surface area contributed by atoms with Gasteiger partial charge in [-0.15, -0.1) is 11.3 Å². The molecule has 25 heavy (non-hydrogen) atoms. The molecule has 1 heterocycles. The first-order valence-electron chi connectivity index (χ1n) is 7.89. The Balaban J connectivity index is 1.77. The zero-order valence-electron chi connectivity index (χ0n) is 13.5. The molecule has 0 saturated carbocycles. The number of carbonyl (C=O) groups is 1. The van der Waals surface area contributed by atoms with Crippen molar-refractivity contribution in [2.24, 2.45) is 0 Å². The van der Waals surface area contributed by atoms with Crippen molar-refractivity contribution < 1.29 is 4.79 Å². The van der Waals surface area contributed by atoms with Gasteiger partial charge in [-0.1, -0.05) is 47.5 Å². The maximum Gasteiger partial charge on any atom is 0.176 e. The highest BCUT2D eigenvalue weighted by Crippen LogP contribution is 2.20. The average molecular weight is 390 g/mol. The molecular formula is C20H17Cl2NOS. The van der Waals surface area contributed by atoms with Crippen molar-refractivity contribution in [1.82, 2.24) is 4.90 Å². The molecule has 3 aromatic rings. The molecule has 0 fully saturated rings. The minimum Gasteiger partial charge on any atom is -0.293 e. The number of ketones is 1. The Labute approximate surface area is 161 Å². The zero-order chi connectivity index (χ0) is 17.6. The van der Waals surface area contributed by atoms with Crippen LogP contribution in [0.15, 0.2) is 66.0 Å². The van der Waals surface area contributed by atoms with Gasteiger partial charge in [0.15, 0.2) is 5.78 Å². The normalized spacial score (nSPS) is 11.0. The molecule has 0 atom stereocenters. The number of carbonyl (C=O) groups excluding carboxylic acids is 1. The molecule has 3 rings (SSSR count). The van der Waals surface area contributed by atoms with Crippen LogP contribution < -0.4 is 0 Å². The molecule has 0 aliphatic heterocycles. The van der Waals surface area contributed by atoms with Gasteiger partial charge < -0.3 is 0 Å². The lowest BCUT2D eigenvalue weighted by Crippen LogP contribution is -2.29. The second-order valence-corrected chi connectivity index (χ2v) is 7.62. The molecule has 0 amide bonds. The van der Waals surface area contributed by atoms with E-state index >= 15 is 0 Å². The molecular weight excluding hydrogens is 373 g/mol. The molecule has 5 heteroatoms. The predicted octanol–water partition coefficient (Wildman–Crippen LogP) is 5.94. The highest BCUT2D eigenvalue weighted by atomic mass is 35.5. The van der Waals surface area contributed by atoms with Crippen molar-refractivity contribution in [2.75, 3.05) is 6.54 Å². The van der Waals surface area contributed by atoms with Crippen LogP contribution in [0, 0.1) is 0 Å². The van der Waals surface area contributed by atoms with Crippen LogP contribution in [0.25, 0.3) is 0 Å². The first-order chi connectivity index (χ1) is 12.1. The summed E-state index contributed by atoms with van der Waals surface area (Å²) in [5, 5.41) is 3.39. The second kappa shape index (κ2) is 8.63. The highest BCUT2D eigenvalue weighted by Gasteiger charge is 2.15. The Morgan fingerprint density at radius 3 is 2.36 bits per heavy atom. The summed E-state index contributed by atoms with van der Waals surface area (Å²) >= 11 is 13.9. The summed E-state index contributed by atoms with van der Waals surface area (Å²) in [6, 6.07) is 18.9. The van der Waals surface area contributed by atoms with Gasteiger partial charge in [-0.05, 0) is 47.3 Å². The number of Topliss-reactive ketones (excluding diaryl/α,β-unsaturated/α-hetero) is 1. The van der Waals surface area contributed by atoms with E-state index in [1.807, 2.05) is 35.7 Å². The molecule has 0 aliphatic rings. The van der Waals surface area contributed by atoms with Gasteiger partial charge in [-0.2, -0.15) is 0 Å². The molecule has 0 saturated heterocycles. The summed E-state index contributed by atoms with van der Waals surface area (Å²) in [4.78, 5) is 16.0. The van der Waals surface area contributed by atoms with Gasteiger partial charge in [0, 0.05) is 33.6 Å². The Morgan fingerprint density at radius 1 is 0.920 bits per heavy atom. The van der Waals surface area contributed by atoms with Crippen LogP contribution in [0.2, 0.25) is 10.0 Å². The summed E-state index contributed by atoms with van der Waals surface area (Å²) in [5.41, 5.74) is 1.68. The lowest BCUT2D eigenvalue weighted by molar-refractivity contribution is 0.0921. The number of hydrogen-bond acceptors (Lipinski definition) is 3. The number of thiophene rings is 1. The first-order valence-corrected chi connectivity index (χ1v) is 9.52. The van der Waals surface area contributed by atoms with Crippen molar-refractivity contribution in [3.8, 4) is 0 Å². The lowest BCUT2D eigenvalue weighted by Gasteiger charge is -2.21. The fourth-order valence-electron chi connectivity index (χ4n) is 2.59. The van der Waals surface area contributed by atoms with Gasteiger partial charge in [-0.3, -0.25) is 9.69 Å². The van der Waals surface area contributed by atoms with Gasteiger partial charge >= 0.3 is 0 Å². The minimum absolute atomic E-state index is 0.0697. The van der Waals surface area contributed by atoms with Gasteiger partial charge in [0.05, 0.1) is 6.54 Å². The van der Waals surface area contributed by atoms with E-state index in [0.29, 0.717) is 30.2 Å². The topological polar surface area (TPSA) is 20.3 Å². The fourth-order valence-corrected chi connectivity index (χ4v) is 3.66. The van der Waals surface area contributed by atoms with Crippen molar-refractivity contribution in [2.45, 2.75) is 13.1 Å². The number of benzene rings is 2. The number of rotatable bonds is 7. The van der Waals surface area contributed by atoms with Gasteiger partial charge in [0.1, 0.15) is 0 Å². The van der Waals surface area contributed by atoms with E-state index in [-0.39, 0.29) is 5.78 Å². The van der Waals surface area contributed by atoms with E-state index in [2.05, 4.69) is 11.0 Å². The SMILES string of the molecule is O=C(CN(Cc1cccs1)Cc1ccccc1Cl)c1ccc(Cl)cc1. The summed E-state index contributed by atoms with van der Waals surface area (Å²) in [5.74, 6) is 0.0697. The molecule has 128 valence electrons. The molecule has 0 bridgehead atoms. The number of halogens is 2. The smallest absolute Gasteiger partial charge is 0.176 e. The van der Waals surface area contributed by atoms with E-state index in [1.54, 1.807) is 35.6 Å². The van der Waals surface area contributed by atoms with Gasteiger partial charge in [-0.25, -0.2) is 0 Å². The van der Waals surface area contributed by atoms with Crippen LogP contribution in [0.1, 0.15) is 20.8 Å². The summed E-state index contributed by atoms with van der Waals surface area (Å²) < 4.78 is 0. The van der Waals surface area contributed by atoms with E-state index in [9.17, 15) is 4.79 Å². The first kappa shape index (κ1) is 18.2. The quantitative estimate of drug-likeness (QED) is 0.466. The fraction of sp³-hybridized carbons (Fsp3) is 0.150. The van der Waals surface area contributed by atoms with E-state index in [0.717, 1.165) is 10.6 Å². The average Bonchev–Trinajstić information content (AvgIpc) is 3.10. The Kier molecular flexibility index (Phi) is 6.27. The van der Waals surface area contributed by atoms with Crippen LogP contribution in [0.4, 0.5) is 0 Å². The van der Waals surface area contributed by atoms with Crippen LogP contribution in [-0.4, -0.2) is 17.2 Å².